The van der Waals surface area contributed by atoms with Gasteiger partial charge < -0.3 is 10.0 Å². The van der Waals surface area contributed by atoms with Crippen molar-refractivity contribution in [3.8, 4) is 0 Å². The molecule has 0 aliphatic carbocycles. The Hall–Kier alpha value is -1.32. The molecule has 0 saturated carbocycles. The number of carboxylic acid groups (broad SMARTS) is 1. The second kappa shape index (κ2) is 4.79. The molecule has 0 atom stereocenters. The van der Waals surface area contributed by atoms with Gasteiger partial charge in [-0.3, -0.25) is 9.59 Å². The molecule has 0 fully saturated rings. The smallest absolute Gasteiger partial charge is 0.303 e. The summed E-state index contributed by atoms with van der Waals surface area (Å²) in [5, 5.41) is 8.53. The molecule has 0 unspecified atom stereocenters. The van der Waals surface area contributed by atoms with Crippen LogP contribution < -0.4 is 0 Å². The Morgan fingerprint density at radius 1 is 1.50 bits per heavy atom. The zero-order valence-corrected chi connectivity index (χ0v) is 8.91. The Labute approximate surface area is 84.2 Å². The number of carbonyl (C=O) groups excluding carboxylic acids is 1. The fourth-order valence-corrected chi connectivity index (χ4v) is 1.02. The van der Waals surface area contributed by atoms with Gasteiger partial charge in [0, 0.05) is 19.0 Å². The number of carboxylic acids is 1. The number of rotatable bonds is 5. The molecule has 4 heteroatoms. The molecule has 0 spiro atoms. The number of amides is 1. The summed E-state index contributed by atoms with van der Waals surface area (Å²) in [5.74, 6) is -1.04. The summed E-state index contributed by atoms with van der Waals surface area (Å²) in [6.07, 6.45) is 1.71. The van der Waals surface area contributed by atoms with Gasteiger partial charge in [-0.15, -0.1) is 0 Å². The lowest BCUT2D eigenvalue weighted by Crippen LogP contribution is -2.44. The van der Waals surface area contributed by atoms with E-state index in [0.29, 0.717) is 6.42 Å². The molecule has 0 heterocycles. The van der Waals surface area contributed by atoms with Gasteiger partial charge in [0.05, 0.1) is 0 Å². The molecule has 0 aliphatic rings. The second-order valence-corrected chi connectivity index (χ2v) is 3.81. The molecular formula is C10H17NO3. The Morgan fingerprint density at radius 3 is 2.36 bits per heavy atom. The third kappa shape index (κ3) is 3.60. The Morgan fingerprint density at radius 2 is 2.00 bits per heavy atom. The quantitative estimate of drug-likeness (QED) is 0.678. The molecule has 14 heavy (non-hydrogen) atoms. The van der Waals surface area contributed by atoms with Crippen molar-refractivity contribution in [3.63, 3.8) is 0 Å². The molecule has 1 N–H and O–H groups in total. The van der Waals surface area contributed by atoms with Gasteiger partial charge in [0.15, 0.2) is 0 Å². The van der Waals surface area contributed by atoms with Crippen LogP contribution in [0.3, 0.4) is 0 Å². The summed E-state index contributed by atoms with van der Waals surface area (Å²) >= 11 is 0. The van der Waals surface area contributed by atoms with E-state index >= 15 is 0 Å². The molecule has 0 rings (SSSR count). The van der Waals surface area contributed by atoms with Crippen molar-refractivity contribution in [1.29, 1.82) is 0 Å². The van der Waals surface area contributed by atoms with Crippen molar-refractivity contribution in [2.45, 2.75) is 32.2 Å². The zero-order valence-electron chi connectivity index (χ0n) is 8.91. The molecule has 4 nitrogen and oxygen atoms in total. The van der Waals surface area contributed by atoms with E-state index in [0.717, 1.165) is 0 Å². The highest BCUT2D eigenvalue weighted by atomic mass is 16.4. The van der Waals surface area contributed by atoms with Gasteiger partial charge in [0.25, 0.3) is 0 Å². The van der Waals surface area contributed by atoms with Crippen LogP contribution in [0.5, 0.6) is 0 Å². The average molecular weight is 199 g/mol. The van der Waals surface area contributed by atoms with E-state index in [9.17, 15) is 9.59 Å². The maximum atomic E-state index is 11.3. The average Bonchev–Trinajstić information content (AvgIpc) is 2.12. The molecule has 0 aliphatic heterocycles. The van der Waals surface area contributed by atoms with Gasteiger partial charge in [-0.2, -0.15) is 0 Å². The molecule has 0 bridgehead atoms. The van der Waals surface area contributed by atoms with E-state index in [1.165, 1.54) is 11.0 Å². The summed E-state index contributed by atoms with van der Waals surface area (Å²) < 4.78 is 0. The largest absolute Gasteiger partial charge is 0.481 e. The molecule has 80 valence electrons. The molecule has 0 aromatic rings. The van der Waals surface area contributed by atoms with E-state index in [2.05, 4.69) is 6.58 Å². The highest BCUT2D eigenvalue weighted by Gasteiger charge is 2.26. The van der Waals surface area contributed by atoms with Crippen LogP contribution in [-0.4, -0.2) is 34.5 Å². The van der Waals surface area contributed by atoms with Crippen molar-refractivity contribution in [1.82, 2.24) is 4.90 Å². The van der Waals surface area contributed by atoms with Crippen molar-refractivity contribution in [3.05, 3.63) is 12.7 Å². The fraction of sp³-hybridized carbons (Fsp3) is 0.600. The third-order valence-corrected chi connectivity index (χ3v) is 2.36. The summed E-state index contributed by atoms with van der Waals surface area (Å²) in [6.45, 7) is 7.04. The summed E-state index contributed by atoms with van der Waals surface area (Å²) in [6, 6.07) is 0. The Balaban J connectivity index is 4.36. The van der Waals surface area contributed by atoms with Gasteiger partial charge >= 0.3 is 5.97 Å². The number of hydrogen-bond acceptors (Lipinski definition) is 2. The third-order valence-electron chi connectivity index (χ3n) is 2.36. The van der Waals surface area contributed by atoms with E-state index in [1.54, 1.807) is 7.05 Å². The van der Waals surface area contributed by atoms with Crippen LogP contribution in [0.25, 0.3) is 0 Å². The minimum Gasteiger partial charge on any atom is -0.481 e. The number of aliphatic carboxylic acids is 1. The van der Waals surface area contributed by atoms with E-state index in [4.69, 9.17) is 5.11 Å². The monoisotopic (exact) mass is 199 g/mol. The molecule has 0 radical (unpaired) electrons. The first-order valence-electron chi connectivity index (χ1n) is 4.43. The molecule has 0 aromatic carbocycles. The van der Waals surface area contributed by atoms with Crippen LogP contribution in [0.2, 0.25) is 0 Å². The van der Waals surface area contributed by atoms with E-state index in [1.807, 2.05) is 13.8 Å². The number of likely N-dealkylation sites (N-methyl/N-ethyl adjacent to an activating group) is 1. The van der Waals surface area contributed by atoms with Crippen molar-refractivity contribution in [2.24, 2.45) is 0 Å². The minimum atomic E-state index is -0.850. The lowest BCUT2D eigenvalue weighted by atomic mass is 9.96. The van der Waals surface area contributed by atoms with Gasteiger partial charge in [0.2, 0.25) is 5.91 Å². The number of nitrogens with zero attached hydrogens (tertiary/aromatic N) is 1. The molecule has 0 saturated heterocycles. The zero-order chi connectivity index (χ0) is 11.4. The SMILES string of the molecule is C=CC(=O)N(C)C(C)(C)CCC(=O)O. The highest BCUT2D eigenvalue weighted by Crippen LogP contribution is 2.19. The van der Waals surface area contributed by atoms with Gasteiger partial charge in [-0.25, -0.2) is 0 Å². The van der Waals surface area contributed by atoms with E-state index < -0.39 is 11.5 Å². The fourth-order valence-electron chi connectivity index (χ4n) is 1.02. The Kier molecular flexibility index (Phi) is 4.34. The van der Waals surface area contributed by atoms with Crippen LogP contribution >= 0.6 is 0 Å². The predicted molar refractivity (Wildman–Crippen MR) is 53.9 cm³/mol. The topological polar surface area (TPSA) is 57.6 Å². The first-order chi connectivity index (χ1) is 6.31. The van der Waals surface area contributed by atoms with Crippen molar-refractivity contribution in [2.75, 3.05) is 7.05 Å². The minimum absolute atomic E-state index is 0.0573. The number of hydrogen-bond donors (Lipinski definition) is 1. The highest BCUT2D eigenvalue weighted by molar-refractivity contribution is 5.87. The van der Waals surface area contributed by atoms with Gasteiger partial charge in [0.1, 0.15) is 0 Å². The molecule has 0 aromatic heterocycles. The lowest BCUT2D eigenvalue weighted by molar-refractivity contribution is -0.139. The lowest BCUT2D eigenvalue weighted by Gasteiger charge is -2.34. The first-order valence-corrected chi connectivity index (χ1v) is 4.43. The van der Waals surface area contributed by atoms with Crippen LogP contribution in [0.4, 0.5) is 0 Å². The predicted octanol–water partition coefficient (Wildman–Crippen LogP) is 1.27. The summed E-state index contributed by atoms with van der Waals surface area (Å²) in [4.78, 5) is 23.2. The molecule has 1 amide bonds. The van der Waals surface area contributed by atoms with Crippen LogP contribution in [0.1, 0.15) is 26.7 Å². The number of carbonyl (C=O) groups is 2. The van der Waals surface area contributed by atoms with Crippen LogP contribution in [0.15, 0.2) is 12.7 Å². The van der Waals surface area contributed by atoms with Crippen LogP contribution in [0, 0.1) is 0 Å². The first kappa shape index (κ1) is 12.7. The normalized spacial score (nSPS) is 10.8. The van der Waals surface area contributed by atoms with Crippen molar-refractivity contribution >= 4 is 11.9 Å². The Bertz CT molecular complexity index is 246. The summed E-state index contributed by atoms with van der Waals surface area (Å²) in [7, 11) is 1.64. The van der Waals surface area contributed by atoms with Gasteiger partial charge in [-0.1, -0.05) is 6.58 Å². The summed E-state index contributed by atoms with van der Waals surface area (Å²) in [5.41, 5.74) is -0.455. The van der Waals surface area contributed by atoms with Crippen LogP contribution in [-0.2, 0) is 9.59 Å². The van der Waals surface area contributed by atoms with E-state index in [-0.39, 0.29) is 12.3 Å². The molecular weight excluding hydrogens is 182 g/mol. The second-order valence-electron chi connectivity index (χ2n) is 3.81. The maximum Gasteiger partial charge on any atom is 0.303 e. The van der Waals surface area contributed by atoms with Crippen molar-refractivity contribution < 1.29 is 14.7 Å². The maximum absolute atomic E-state index is 11.3. The van der Waals surface area contributed by atoms with Gasteiger partial charge in [-0.05, 0) is 26.3 Å². The standard InChI is InChI=1S/C10H17NO3/c1-5-8(12)11(4)10(2,3)7-6-9(13)14/h5H,1,6-7H2,2-4H3,(H,13,14).